The molecule has 2 aromatic rings. The molecule has 31 heavy (non-hydrogen) atoms. The lowest BCUT2D eigenvalue weighted by Gasteiger charge is -2.17. The van der Waals surface area contributed by atoms with E-state index in [2.05, 4.69) is 4.36 Å². The molecule has 8 heteroatoms. The van der Waals surface area contributed by atoms with Crippen LogP contribution < -0.4 is 5.14 Å². The fourth-order valence-corrected chi connectivity index (χ4v) is 4.70. The van der Waals surface area contributed by atoms with E-state index in [4.69, 9.17) is 5.14 Å². The summed E-state index contributed by atoms with van der Waals surface area (Å²) in [6.07, 6.45) is 1.96. The van der Waals surface area contributed by atoms with Crippen LogP contribution >= 0.6 is 13.5 Å². The number of amides is 1. The van der Waals surface area contributed by atoms with Crippen molar-refractivity contribution in [1.29, 1.82) is 0 Å². The molecule has 1 amide bonds. The molecule has 0 aliphatic heterocycles. The third-order valence-electron chi connectivity index (χ3n) is 5.25. The molecule has 1 aliphatic rings. The van der Waals surface area contributed by atoms with E-state index in [1.165, 1.54) is 12.1 Å². The lowest BCUT2D eigenvalue weighted by atomic mass is 9.89. The fourth-order valence-electron chi connectivity index (χ4n) is 3.70. The standard InChI is InChI=1S/C23H30FN3O2S.H2S/c1-15(2)20-11-18(24)12-21(17-7-8-17)22(20)13-23(28)26-30(25,29)19-9-5-16(6-10-19)14-27(3)4;/h5-6,9-12,15,17H,7-8,13-14H2,1-4H3,(H2,25,26,28,29);1H2. The summed E-state index contributed by atoms with van der Waals surface area (Å²) in [5, 5.41) is 5.95. The molecule has 1 unspecified atom stereocenters. The van der Waals surface area contributed by atoms with Crippen molar-refractivity contribution < 1.29 is 13.4 Å². The third-order valence-corrected chi connectivity index (χ3v) is 6.67. The molecule has 5 nitrogen and oxygen atoms in total. The zero-order valence-electron chi connectivity index (χ0n) is 18.5. The highest BCUT2D eigenvalue weighted by Gasteiger charge is 2.29. The molecular formula is C23H32FN3O2S2. The van der Waals surface area contributed by atoms with Crippen molar-refractivity contribution in [2.24, 2.45) is 9.50 Å². The molecule has 0 heterocycles. The average Bonchev–Trinajstić information content (AvgIpc) is 3.47. The fraction of sp³-hybridized carbons (Fsp3) is 0.435. The van der Waals surface area contributed by atoms with Crippen LogP contribution in [0.1, 0.15) is 60.8 Å². The van der Waals surface area contributed by atoms with E-state index in [0.29, 0.717) is 4.90 Å². The summed E-state index contributed by atoms with van der Waals surface area (Å²) in [4.78, 5) is 15.1. The van der Waals surface area contributed by atoms with Gasteiger partial charge in [-0.1, -0.05) is 26.0 Å². The van der Waals surface area contributed by atoms with Crippen molar-refractivity contribution in [1.82, 2.24) is 4.90 Å². The maximum absolute atomic E-state index is 14.1. The molecule has 1 aliphatic carbocycles. The van der Waals surface area contributed by atoms with Gasteiger partial charge < -0.3 is 4.90 Å². The van der Waals surface area contributed by atoms with Gasteiger partial charge in [0, 0.05) is 6.54 Å². The van der Waals surface area contributed by atoms with E-state index in [1.807, 2.05) is 45.0 Å². The molecule has 0 saturated heterocycles. The monoisotopic (exact) mass is 465 g/mol. The van der Waals surface area contributed by atoms with Crippen LogP contribution in [0.15, 0.2) is 45.7 Å². The van der Waals surface area contributed by atoms with Crippen molar-refractivity contribution in [2.75, 3.05) is 14.1 Å². The van der Waals surface area contributed by atoms with Crippen molar-refractivity contribution in [3.05, 3.63) is 64.5 Å². The first-order valence-electron chi connectivity index (χ1n) is 10.2. The van der Waals surface area contributed by atoms with Crippen molar-refractivity contribution >= 4 is 29.3 Å². The number of nitrogens with zero attached hydrogens (tertiary/aromatic N) is 2. The molecule has 2 N–H and O–H groups in total. The van der Waals surface area contributed by atoms with Gasteiger partial charge in [-0.05, 0) is 85.3 Å². The Bertz CT molecular complexity index is 1030. The summed E-state index contributed by atoms with van der Waals surface area (Å²) < 4.78 is 30.9. The minimum atomic E-state index is -3.35. The smallest absolute Gasteiger partial charge is 0.259 e. The van der Waals surface area contributed by atoms with E-state index in [1.54, 1.807) is 12.1 Å². The molecule has 3 rings (SSSR count). The second kappa shape index (κ2) is 10.3. The van der Waals surface area contributed by atoms with Gasteiger partial charge in [0.05, 0.1) is 11.3 Å². The summed E-state index contributed by atoms with van der Waals surface area (Å²) in [6, 6.07) is 10.0. The lowest BCUT2D eigenvalue weighted by molar-refractivity contribution is -0.117. The summed E-state index contributed by atoms with van der Waals surface area (Å²) >= 11 is 0. The van der Waals surface area contributed by atoms with Crippen LogP contribution in [0.5, 0.6) is 0 Å². The Kier molecular flexibility index (Phi) is 8.44. The van der Waals surface area contributed by atoms with Gasteiger partial charge in [-0.2, -0.15) is 13.5 Å². The van der Waals surface area contributed by atoms with Crippen molar-refractivity contribution in [3.63, 3.8) is 0 Å². The number of halogens is 1. The second-order valence-corrected chi connectivity index (χ2v) is 10.4. The van der Waals surface area contributed by atoms with Gasteiger partial charge in [-0.25, -0.2) is 13.7 Å². The summed E-state index contributed by atoms with van der Waals surface area (Å²) in [6.45, 7) is 4.68. The van der Waals surface area contributed by atoms with Crippen LogP contribution in [0.25, 0.3) is 0 Å². The van der Waals surface area contributed by atoms with Crippen LogP contribution in [-0.4, -0.2) is 29.1 Å². The number of hydrogen-bond acceptors (Lipinski definition) is 3. The average molecular weight is 466 g/mol. The second-order valence-electron chi connectivity index (χ2n) is 8.60. The lowest BCUT2D eigenvalue weighted by Crippen LogP contribution is -2.17. The first kappa shape index (κ1) is 25.5. The van der Waals surface area contributed by atoms with Crippen LogP contribution in [0.3, 0.4) is 0 Å². The molecule has 1 fully saturated rings. The molecule has 2 aromatic carbocycles. The van der Waals surface area contributed by atoms with E-state index in [0.717, 1.165) is 41.6 Å². The number of rotatable bonds is 7. The van der Waals surface area contributed by atoms with Crippen molar-refractivity contribution in [3.8, 4) is 0 Å². The Hall–Kier alpha value is -1.74. The van der Waals surface area contributed by atoms with Crippen LogP contribution in [0.2, 0.25) is 0 Å². The summed E-state index contributed by atoms with van der Waals surface area (Å²) in [5.74, 6) is -0.482. The number of nitrogens with two attached hydrogens (primary N) is 1. The van der Waals surface area contributed by atoms with Crippen LogP contribution in [0, 0.1) is 5.82 Å². The first-order chi connectivity index (χ1) is 14.1. The van der Waals surface area contributed by atoms with Gasteiger partial charge in [-0.15, -0.1) is 4.36 Å². The third kappa shape index (κ3) is 6.62. The van der Waals surface area contributed by atoms with E-state index >= 15 is 0 Å². The normalized spacial score (nSPS) is 15.5. The highest BCUT2D eigenvalue weighted by Crippen LogP contribution is 2.43. The Morgan fingerprint density at radius 3 is 2.35 bits per heavy atom. The van der Waals surface area contributed by atoms with Gasteiger partial charge in [0.2, 0.25) is 0 Å². The Morgan fingerprint density at radius 1 is 1.23 bits per heavy atom. The van der Waals surface area contributed by atoms with E-state index < -0.39 is 15.8 Å². The molecule has 1 atom stereocenters. The van der Waals surface area contributed by atoms with E-state index in [-0.39, 0.29) is 37.6 Å². The number of carbonyl (C=O) groups is 1. The molecule has 1 saturated carbocycles. The summed E-state index contributed by atoms with van der Waals surface area (Å²) in [7, 11) is 0.580. The largest absolute Gasteiger partial charge is 0.305 e. The topological polar surface area (TPSA) is 75.8 Å². The highest BCUT2D eigenvalue weighted by atomic mass is 32.2. The molecule has 0 bridgehead atoms. The molecular weight excluding hydrogens is 433 g/mol. The predicted molar refractivity (Wildman–Crippen MR) is 128 cm³/mol. The van der Waals surface area contributed by atoms with Gasteiger partial charge >= 0.3 is 0 Å². The van der Waals surface area contributed by atoms with Gasteiger partial charge in [0.1, 0.15) is 15.7 Å². The Labute approximate surface area is 192 Å². The highest BCUT2D eigenvalue weighted by molar-refractivity contribution is 7.91. The molecule has 0 spiro atoms. The maximum Gasteiger partial charge on any atom is 0.259 e. The number of carbonyl (C=O) groups excluding carboxylic acids is 1. The summed E-state index contributed by atoms with van der Waals surface area (Å²) in [5.41, 5.74) is 3.53. The number of hydrogen-bond donors (Lipinski definition) is 1. The quantitative estimate of drug-likeness (QED) is 0.655. The Morgan fingerprint density at radius 2 is 1.84 bits per heavy atom. The van der Waals surface area contributed by atoms with Crippen LogP contribution in [-0.2, 0) is 27.7 Å². The van der Waals surface area contributed by atoms with Gasteiger partial charge in [0.25, 0.3) is 5.91 Å². The first-order valence-corrected chi connectivity index (χ1v) is 11.8. The molecule has 0 aromatic heterocycles. The van der Waals surface area contributed by atoms with Gasteiger partial charge in [-0.3, -0.25) is 4.79 Å². The number of benzene rings is 2. The zero-order valence-corrected chi connectivity index (χ0v) is 20.3. The Balaban J connectivity index is 0.00000341. The molecule has 170 valence electrons. The minimum Gasteiger partial charge on any atom is -0.305 e. The zero-order chi connectivity index (χ0) is 22.1. The molecule has 0 radical (unpaired) electrons. The van der Waals surface area contributed by atoms with Crippen LogP contribution in [0.4, 0.5) is 4.39 Å². The SMILES string of the molecule is CC(C)c1cc(F)cc(C2CC2)c1CC(=O)N=S(N)(=O)c1ccc(CN(C)C)cc1.S. The predicted octanol–water partition coefficient (Wildman–Crippen LogP) is 4.47. The van der Waals surface area contributed by atoms with Crippen molar-refractivity contribution in [2.45, 2.75) is 56.4 Å². The minimum absolute atomic E-state index is 0. The maximum atomic E-state index is 14.1. The van der Waals surface area contributed by atoms with Gasteiger partial charge in [0.15, 0.2) is 0 Å². The van der Waals surface area contributed by atoms with E-state index in [9.17, 15) is 13.4 Å².